The zero-order valence-electron chi connectivity index (χ0n) is 12.1. The molecule has 0 spiro atoms. The summed E-state index contributed by atoms with van der Waals surface area (Å²) < 4.78 is 0.890. The molecule has 1 aromatic carbocycles. The van der Waals surface area contributed by atoms with Gasteiger partial charge in [-0.05, 0) is 23.1 Å². The normalized spacial score (nSPS) is 13.2. The quantitative estimate of drug-likeness (QED) is 0.775. The molecule has 0 saturated carbocycles. The van der Waals surface area contributed by atoms with Crippen LogP contribution in [0.15, 0.2) is 33.5 Å². The summed E-state index contributed by atoms with van der Waals surface area (Å²) in [5.41, 5.74) is 6.13. The van der Waals surface area contributed by atoms with Crippen LogP contribution in [0.2, 0.25) is 0 Å². The summed E-state index contributed by atoms with van der Waals surface area (Å²) in [5.74, 6) is -0.0263. The first-order valence-electron chi connectivity index (χ1n) is 6.55. The van der Waals surface area contributed by atoms with E-state index in [0.717, 1.165) is 4.47 Å². The molecule has 0 aliphatic heterocycles. The summed E-state index contributed by atoms with van der Waals surface area (Å²) in [4.78, 5) is 19.0. The van der Waals surface area contributed by atoms with Crippen LogP contribution in [0.5, 0.6) is 5.88 Å². The van der Waals surface area contributed by atoms with Crippen molar-refractivity contribution in [2.75, 3.05) is 0 Å². The van der Waals surface area contributed by atoms with Gasteiger partial charge in [-0.2, -0.15) is 4.98 Å². The largest absolute Gasteiger partial charge is 0.493 e. The van der Waals surface area contributed by atoms with Gasteiger partial charge in [0.25, 0.3) is 5.56 Å². The average molecular weight is 352 g/mol. The molecule has 1 aromatic heterocycles. The summed E-state index contributed by atoms with van der Waals surface area (Å²) in [5, 5.41) is 10.1. The molecule has 0 bridgehead atoms. The summed E-state index contributed by atoms with van der Waals surface area (Å²) >= 11 is 3.33. The number of nitrogens with zero attached hydrogens (tertiary/aromatic N) is 1. The molecule has 0 saturated heterocycles. The molecule has 5 nitrogen and oxygen atoms in total. The molecule has 112 valence electrons. The molecule has 21 heavy (non-hydrogen) atoms. The molecule has 0 radical (unpaired) electrons. The lowest BCUT2D eigenvalue weighted by Gasteiger charge is -2.26. The minimum Gasteiger partial charge on any atom is -0.493 e. The minimum absolute atomic E-state index is 0.146. The molecule has 1 unspecified atom stereocenters. The number of aromatic nitrogens is 2. The van der Waals surface area contributed by atoms with Crippen molar-refractivity contribution in [2.24, 2.45) is 11.1 Å². The van der Waals surface area contributed by atoms with Crippen molar-refractivity contribution in [3.05, 3.63) is 44.9 Å². The molecule has 6 heteroatoms. The number of H-pyrrole nitrogens is 1. The van der Waals surface area contributed by atoms with Crippen molar-refractivity contribution in [2.45, 2.75) is 26.8 Å². The zero-order valence-corrected chi connectivity index (χ0v) is 13.7. The second kappa shape index (κ2) is 5.61. The van der Waals surface area contributed by atoms with Crippen LogP contribution >= 0.6 is 15.9 Å². The van der Waals surface area contributed by atoms with Crippen LogP contribution in [0.3, 0.4) is 0 Å². The maximum atomic E-state index is 12.3. The van der Waals surface area contributed by atoms with Gasteiger partial charge in [-0.1, -0.05) is 48.8 Å². The second-order valence-corrected chi connectivity index (χ2v) is 6.92. The lowest BCUT2D eigenvalue weighted by atomic mass is 9.87. The molecule has 0 aliphatic rings. The van der Waals surface area contributed by atoms with Crippen molar-refractivity contribution in [1.82, 2.24) is 9.97 Å². The third-order valence-corrected chi connectivity index (χ3v) is 3.81. The standard InChI is InChI=1S/C15H18BrN3O2/c1-15(2,3)11(17)12-18-13(20)10(14(21)19-12)8-4-6-9(16)7-5-8/h4-7,11H,17H2,1-3H3,(H2,18,19,20,21). The Balaban J connectivity index is 2.53. The maximum absolute atomic E-state index is 12.3. The van der Waals surface area contributed by atoms with E-state index in [0.29, 0.717) is 5.56 Å². The van der Waals surface area contributed by atoms with Crippen LogP contribution in [0.1, 0.15) is 32.6 Å². The van der Waals surface area contributed by atoms with E-state index in [9.17, 15) is 9.90 Å². The number of benzene rings is 1. The highest BCUT2D eigenvalue weighted by Crippen LogP contribution is 2.30. The van der Waals surface area contributed by atoms with Gasteiger partial charge in [-0.3, -0.25) is 4.79 Å². The van der Waals surface area contributed by atoms with Crippen LogP contribution < -0.4 is 11.3 Å². The highest BCUT2D eigenvalue weighted by molar-refractivity contribution is 9.10. The molecule has 0 fully saturated rings. The fourth-order valence-electron chi connectivity index (χ4n) is 1.91. The fourth-order valence-corrected chi connectivity index (χ4v) is 2.18. The third kappa shape index (κ3) is 3.33. The molecule has 0 amide bonds. The number of nitrogens with two attached hydrogens (primary N) is 1. The van der Waals surface area contributed by atoms with E-state index in [1.54, 1.807) is 24.3 Å². The Labute approximate surface area is 131 Å². The second-order valence-electron chi connectivity index (χ2n) is 6.00. The van der Waals surface area contributed by atoms with Crippen molar-refractivity contribution in [3.63, 3.8) is 0 Å². The van der Waals surface area contributed by atoms with E-state index >= 15 is 0 Å². The van der Waals surface area contributed by atoms with Crippen LogP contribution in [0.25, 0.3) is 11.1 Å². The van der Waals surface area contributed by atoms with Crippen LogP contribution in [0.4, 0.5) is 0 Å². The summed E-state index contributed by atoms with van der Waals surface area (Å²) in [6.07, 6.45) is 0. The number of nitrogens with one attached hydrogen (secondary N) is 1. The van der Waals surface area contributed by atoms with E-state index in [1.807, 2.05) is 20.8 Å². The first-order valence-corrected chi connectivity index (χ1v) is 7.34. The summed E-state index contributed by atoms with van der Waals surface area (Å²) in [7, 11) is 0. The zero-order chi connectivity index (χ0) is 15.8. The smallest absolute Gasteiger partial charge is 0.262 e. The predicted octanol–water partition coefficient (Wildman–Crippen LogP) is 2.95. The molecule has 2 rings (SSSR count). The molecule has 1 atom stereocenters. The Morgan fingerprint density at radius 1 is 1.29 bits per heavy atom. The minimum atomic E-state index is -0.477. The SMILES string of the molecule is CC(C)(C)C(N)c1nc(O)c(-c2ccc(Br)cc2)c(=O)[nH]1. The van der Waals surface area contributed by atoms with E-state index in [-0.39, 0.29) is 22.7 Å². The van der Waals surface area contributed by atoms with E-state index in [2.05, 4.69) is 25.9 Å². The summed E-state index contributed by atoms with van der Waals surface area (Å²) in [6, 6.07) is 6.58. The average Bonchev–Trinajstić information content (AvgIpc) is 2.38. The number of hydrogen-bond acceptors (Lipinski definition) is 4. The molecular weight excluding hydrogens is 334 g/mol. The first kappa shape index (κ1) is 15.7. The molecule has 0 aliphatic carbocycles. The lowest BCUT2D eigenvalue weighted by Crippen LogP contribution is -2.30. The van der Waals surface area contributed by atoms with Gasteiger partial charge in [0, 0.05) is 4.47 Å². The van der Waals surface area contributed by atoms with E-state index in [4.69, 9.17) is 5.73 Å². The molecule has 2 aromatic rings. The Hall–Kier alpha value is -1.66. The third-order valence-electron chi connectivity index (χ3n) is 3.28. The topological polar surface area (TPSA) is 92.0 Å². The van der Waals surface area contributed by atoms with Crippen LogP contribution in [-0.4, -0.2) is 15.1 Å². The van der Waals surface area contributed by atoms with Gasteiger partial charge in [0.05, 0.1) is 6.04 Å². The van der Waals surface area contributed by atoms with E-state index in [1.165, 1.54) is 0 Å². The Kier molecular flexibility index (Phi) is 4.20. The number of rotatable bonds is 2. The molecule has 1 heterocycles. The van der Waals surface area contributed by atoms with Crippen molar-refractivity contribution in [1.29, 1.82) is 0 Å². The number of aromatic hydroxyl groups is 1. The fraction of sp³-hybridized carbons (Fsp3) is 0.333. The van der Waals surface area contributed by atoms with Crippen LogP contribution in [-0.2, 0) is 0 Å². The number of hydrogen-bond donors (Lipinski definition) is 3. The van der Waals surface area contributed by atoms with Gasteiger partial charge in [-0.15, -0.1) is 0 Å². The Bertz CT molecular complexity index is 702. The predicted molar refractivity (Wildman–Crippen MR) is 86.0 cm³/mol. The first-order chi connectivity index (χ1) is 9.70. The lowest BCUT2D eigenvalue weighted by molar-refractivity contribution is 0.311. The number of halogens is 1. The monoisotopic (exact) mass is 351 g/mol. The maximum Gasteiger partial charge on any atom is 0.262 e. The molecular formula is C15H18BrN3O2. The van der Waals surface area contributed by atoms with Crippen LogP contribution in [0, 0.1) is 5.41 Å². The Morgan fingerprint density at radius 3 is 2.33 bits per heavy atom. The van der Waals surface area contributed by atoms with Gasteiger partial charge in [0.2, 0.25) is 5.88 Å². The van der Waals surface area contributed by atoms with Gasteiger partial charge < -0.3 is 15.8 Å². The van der Waals surface area contributed by atoms with Crippen molar-refractivity contribution < 1.29 is 5.11 Å². The molecule has 4 N–H and O–H groups in total. The van der Waals surface area contributed by atoms with Crippen molar-refractivity contribution in [3.8, 4) is 17.0 Å². The van der Waals surface area contributed by atoms with Gasteiger partial charge in [0.1, 0.15) is 11.4 Å². The van der Waals surface area contributed by atoms with E-state index < -0.39 is 11.6 Å². The van der Waals surface area contributed by atoms with Gasteiger partial charge in [-0.25, -0.2) is 0 Å². The number of aromatic amines is 1. The van der Waals surface area contributed by atoms with Gasteiger partial charge in [0.15, 0.2) is 0 Å². The Morgan fingerprint density at radius 2 is 1.86 bits per heavy atom. The highest BCUT2D eigenvalue weighted by Gasteiger charge is 2.26. The summed E-state index contributed by atoms with van der Waals surface area (Å²) in [6.45, 7) is 5.83. The highest BCUT2D eigenvalue weighted by atomic mass is 79.9. The van der Waals surface area contributed by atoms with Crippen molar-refractivity contribution >= 4 is 15.9 Å². The van der Waals surface area contributed by atoms with Gasteiger partial charge >= 0.3 is 0 Å².